The van der Waals surface area contributed by atoms with Crippen LogP contribution in [0.4, 0.5) is 43.9 Å². The number of rotatable bonds is 13. The first-order valence-electron chi connectivity index (χ1n) is 38.6. The quantitative estimate of drug-likeness (QED) is 0.130. The lowest BCUT2D eigenvalue weighted by Crippen LogP contribution is -2.72. The molecule has 0 radical (unpaired) electrons. The van der Waals surface area contributed by atoms with Crippen LogP contribution in [0.5, 0.6) is 0 Å². The molecule has 2 bridgehead atoms. The van der Waals surface area contributed by atoms with Crippen molar-refractivity contribution in [3.63, 3.8) is 0 Å². The number of fused-ring (bicyclic) bond motifs is 3. The average Bonchev–Trinajstić information content (AvgIpc) is 1.05. The Kier molecular flexibility index (Phi) is 30.6. The van der Waals surface area contributed by atoms with E-state index in [1.165, 1.54) is 54.2 Å². The monoisotopic (exact) mass is 1580 g/mol. The van der Waals surface area contributed by atoms with Crippen LogP contribution >= 0.6 is 0 Å². The van der Waals surface area contributed by atoms with Crippen molar-refractivity contribution in [2.24, 2.45) is 41.4 Å². The summed E-state index contributed by atoms with van der Waals surface area (Å²) in [4.78, 5) is 190. The van der Waals surface area contributed by atoms with Crippen LogP contribution in [0.25, 0.3) is 0 Å². The zero-order chi connectivity index (χ0) is 82.1. The number of nitrogens with one attached hydrogen (secondary N) is 3. The summed E-state index contributed by atoms with van der Waals surface area (Å²) in [6.45, 7) is 6.23. The van der Waals surface area contributed by atoms with E-state index >= 15 is 46.3 Å². The summed E-state index contributed by atoms with van der Waals surface area (Å²) in [5.74, 6) is -22.8. The molecule has 0 aromatic carbocycles. The van der Waals surface area contributed by atoms with Gasteiger partial charge in [0, 0.05) is 95.3 Å². The second-order valence-electron chi connectivity index (χ2n) is 32.5. The maximum atomic E-state index is 15.8. The predicted octanol–water partition coefficient (Wildman–Crippen LogP) is 6.60. The lowest BCUT2D eigenvalue weighted by molar-refractivity contribution is -0.219. The number of likely N-dealkylation sites (N-methyl/N-ethyl adjacent to an activating group) is 7. The third-order valence-electron chi connectivity index (χ3n) is 23.8. The van der Waals surface area contributed by atoms with Gasteiger partial charge in [-0.3, -0.25) is 57.5 Å². The molecule has 3 N–H and O–H groups in total. The number of alkyl halides is 10. The van der Waals surface area contributed by atoms with Gasteiger partial charge in [0.2, 0.25) is 70.9 Å². The van der Waals surface area contributed by atoms with Crippen molar-refractivity contribution < 1.29 is 106 Å². The summed E-state index contributed by atoms with van der Waals surface area (Å²) < 4.78 is 153. The molecule has 2 unspecified atom stereocenters. The van der Waals surface area contributed by atoms with Gasteiger partial charge in [0.1, 0.15) is 72.1 Å². The van der Waals surface area contributed by atoms with Gasteiger partial charge in [0.05, 0.1) is 31.5 Å². The molecule has 0 aromatic heterocycles. The van der Waals surface area contributed by atoms with E-state index in [0.717, 1.165) is 46.2 Å². The normalized spacial score (nSPS) is 32.1. The standard InChI is InChI=1S/C75H114F10N12O13/c1-14-43(5)61-69(107)91(9)39-59(100)92(10)52-23-17-16-20-30-96(68(52)106)56(34-44-24-27-47(28-25-44)74(80,81)82)67(105)90(8)38-57(98)86-51(29-26-45-32-49(76)60(50(77)33-45)75(83,84)85)65(103)97-37-48(110-15-2)35-54(97)64(102)88-72(40-73(78,79)41-72)71(109)95(13)62(46-21-18-19-22-46)70(108)94(12)55(66(104)89(6)7)36-58(99)93(11)53(31-42(3)4)63(101)87-61/h16-17,42-56,60-62H,14-15,18-41H2,1-13H3,(H,86,98)(H,87,101)(H,88,102)/b17-16-/t43-,44?,45?,47?,48+,49?,50?,51-,52-,53-,54-,55-,56-,60?,61-,62-/m0/s1. The van der Waals surface area contributed by atoms with E-state index in [4.69, 9.17) is 4.74 Å². The van der Waals surface area contributed by atoms with Crippen molar-refractivity contribution in [3.8, 4) is 0 Å². The van der Waals surface area contributed by atoms with Gasteiger partial charge >= 0.3 is 12.4 Å². The van der Waals surface area contributed by atoms with Crippen LogP contribution in [0.3, 0.4) is 0 Å². The number of carbonyl (C=O) groups is 12. The molecule has 35 heteroatoms. The molecule has 110 heavy (non-hydrogen) atoms. The maximum Gasteiger partial charge on any atom is 0.397 e. The minimum absolute atomic E-state index is 0.00358. The van der Waals surface area contributed by atoms with E-state index in [9.17, 15) is 55.1 Å². The highest BCUT2D eigenvalue weighted by Crippen LogP contribution is 2.49. The largest absolute Gasteiger partial charge is 0.397 e. The molecule has 12 atom stereocenters. The fourth-order valence-corrected chi connectivity index (χ4v) is 17.2. The van der Waals surface area contributed by atoms with Crippen LogP contribution in [0.1, 0.15) is 169 Å². The highest BCUT2D eigenvalue weighted by atomic mass is 19.4. The van der Waals surface area contributed by atoms with Gasteiger partial charge in [-0.15, -0.1) is 0 Å². The summed E-state index contributed by atoms with van der Waals surface area (Å²) >= 11 is 0. The number of halogens is 10. The van der Waals surface area contributed by atoms with Crippen molar-refractivity contribution in [2.75, 3.05) is 89.2 Å². The van der Waals surface area contributed by atoms with E-state index in [1.807, 2.05) is 0 Å². The van der Waals surface area contributed by atoms with Crippen molar-refractivity contribution >= 4 is 70.9 Å². The van der Waals surface area contributed by atoms with Crippen LogP contribution in [-0.4, -0.2) is 295 Å². The highest BCUT2D eigenvalue weighted by Gasteiger charge is 2.65. The van der Waals surface area contributed by atoms with Crippen LogP contribution in [0, 0.1) is 41.4 Å². The van der Waals surface area contributed by atoms with Crippen molar-refractivity contribution in [1.82, 2.24) is 60.0 Å². The third-order valence-corrected chi connectivity index (χ3v) is 23.8. The Morgan fingerprint density at radius 3 is 1.81 bits per heavy atom. The van der Waals surface area contributed by atoms with Crippen LogP contribution in [-0.2, 0) is 62.3 Å². The Labute approximate surface area is 637 Å². The summed E-state index contributed by atoms with van der Waals surface area (Å²) in [6.07, 6.45) is -18.3. The summed E-state index contributed by atoms with van der Waals surface area (Å²) in [6, 6.07) is -12.4. The van der Waals surface area contributed by atoms with Crippen molar-refractivity contribution in [1.29, 1.82) is 0 Å². The van der Waals surface area contributed by atoms with Gasteiger partial charge in [-0.25, -0.2) is 17.6 Å². The Morgan fingerprint density at radius 2 is 1.25 bits per heavy atom. The molecule has 3 aliphatic heterocycles. The van der Waals surface area contributed by atoms with Crippen molar-refractivity contribution in [2.45, 2.75) is 260 Å². The molecule has 622 valence electrons. The number of amides is 12. The second-order valence-corrected chi connectivity index (χ2v) is 32.5. The number of ether oxygens (including phenoxy) is 1. The SMILES string of the molecule is CCO[C@@H]1C[C@H]2C(=O)NC3(CC(F)(F)C3)C(=O)N(C)[C@@H](C3CCCC3)C(=O)N(C)[C@H](C(=O)N(C)C)CC(=O)N(C)[C@@H](CC(C)C)C(=O)N[C@@H]([C@@H](C)CC)C(=O)N(C)CC(=O)N(C)[C@H]3C/C=C\CCN(C3=O)[C@@H](CC3CCC(C(F)(F)F)CC3)C(=O)N(C)CC(=O)N[C@@H](CCC3CC(F)C(C(F)(F)F)C(F)C3)C(=O)N2C1. The average molecular weight is 1580 g/mol. The summed E-state index contributed by atoms with van der Waals surface area (Å²) in [7, 11) is 10.2. The van der Waals surface area contributed by atoms with E-state index in [-0.39, 0.29) is 76.9 Å². The molecule has 12 amide bonds. The van der Waals surface area contributed by atoms with Crippen LogP contribution in [0.2, 0.25) is 0 Å². The smallest absolute Gasteiger partial charge is 0.377 e. The fraction of sp³-hybridized carbons (Fsp3) is 0.813. The Balaban J connectivity index is 1.34. The predicted molar refractivity (Wildman–Crippen MR) is 381 cm³/mol. The van der Waals surface area contributed by atoms with E-state index in [2.05, 4.69) is 16.0 Å². The zero-order valence-electron chi connectivity index (χ0n) is 65.5. The minimum atomic E-state index is -5.26. The molecule has 6 fully saturated rings. The summed E-state index contributed by atoms with van der Waals surface area (Å²) in [5.41, 5.74) is -2.51. The first kappa shape index (κ1) is 89.8. The van der Waals surface area contributed by atoms with E-state index in [0.29, 0.717) is 32.1 Å². The van der Waals surface area contributed by atoms with Crippen LogP contribution < -0.4 is 16.0 Å². The minimum Gasteiger partial charge on any atom is -0.377 e. The first-order valence-corrected chi connectivity index (χ1v) is 38.6. The fourth-order valence-electron chi connectivity index (χ4n) is 17.2. The highest BCUT2D eigenvalue weighted by molar-refractivity contribution is 6.01. The van der Waals surface area contributed by atoms with Gasteiger partial charge in [-0.05, 0) is 126 Å². The molecule has 0 aromatic rings. The molecule has 25 nitrogen and oxygen atoms in total. The zero-order valence-corrected chi connectivity index (χ0v) is 65.5. The third kappa shape index (κ3) is 21.7. The second kappa shape index (κ2) is 37.5. The van der Waals surface area contributed by atoms with E-state index < -0.39 is 262 Å². The molecular weight excluding hydrogens is 1470 g/mol. The number of nitrogens with zero attached hydrogens (tertiary/aromatic N) is 9. The van der Waals surface area contributed by atoms with Gasteiger partial charge < -0.3 is 64.8 Å². The topological polar surface area (TPSA) is 279 Å². The molecule has 7 aliphatic rings. The molecular formula is C75H114F10N12O13. The van der Waals surface area contributed by atoms with E-state index in [1.54, 1.807) is 46.8 Å². The molecule has 3 heterocycles. The lowest BCUT2D eigenvalue weighted by Gasteiger charge is -2.50. The van der Waals surface area contributed by atoms with Gasteiger partial charge in [-0.2, -0.15) is 26.3 Å². The molecule has 1 spiro atoms. The number of carbonyl (C=O) groups excluding carboxylic acids is 12. The lowest BCUT2D eigenvalue weighted by atomic mass is 9.71. The van der Waals surface area contributed by atoms with Gasteiger partial charge in [0.25, 0.3) is 5.92 Å². The summed E-state index contributed by atoms with van der Waals surface area (Å²) in [5, 5.41) is 7.85. The number of hydrogen-bond donors (Lipinski definition) is 3. The first-order chi connectivity index (χ1) is 51.3. The maximum absolute atomic E-state index is 15.8. The Hall–Kier alpha value is -7.36. The van der Waals surface area contributed by atoms with Gasteiger partial charge in [-0.1, -0.05) is 59.1 Å². The molecule has 4 saturated carbocycles. The molecule has 7 rings (SSSR count). The number of hydrogen-bond acceptors (Lipinski definition) is 13. The Morgan fingerprint density at radius 1 is 0.645 bits per heavy atom. The van der Waals surface area contributed by atoms with Crippen molar-refractivity contribution in [3.05, 3.63) is 12.2 Å². The van der Waals surface area contributed by atoms with Gasteiger partial charge in [0.15, 0.2) is 0 Å². The Bertz CT molecular complexity index is 3320. The molecule has 4 aliphatic carbocycles. The molecule has 2 saturated heterocycles. The van der Waals surface area contributed by atoms with Crippen LogP contribution in [0.15, 0.2) is 12.2 Å².